The molecule has 0 aliphatic heterocycles. The number of rotatable bonds is 8. The van der Waals surface area contributed by atoms with Crippen molar-refractivity contribution in [1.82, 2.24) is 0 Å². The van der Waals surface area contributed by atoms with Crippen LogP contribution >= 0.6 is 7.26 Å². The van der Waals surface area contributed by atoms with Gasteiger partial charge in [0.2, 0.25) is 0 Å². The molecule has 6 aromatic rings. The van der Waals surface area contributed by atoms with Crippen molar-refractivity contribution >= 4 is 33.9 Å². The summed E-state index contributed by atoms with van der Waals surface area (Å²) in [5, 5.41) is 6.65. The second-order valence-corrected chi connectivity index (χ2v) is 13.1. The Morgan fingerprint density at radius 2 is 0.897 bits per heavy atom. The molecule has 0 radical (unpaired) electrons. The van der Waals surface area contributed by atoms with Crippen LogP contribution in [0.1, 0.15) is 11.1 Å². The van der Waals surface area contributed by atoms with E-state index in [1.165, 1.54) is 37.8 Å². The fourth-order valence-electron chi connectivity index (χ4n) is 5.24. The quantitative estimate of drug-likeness (QED) is 0.229. The van der Waals surface area contributed by atoms with Crippen molar-refractivity contribution < 1.29 is 21.7 Å². The van der Waals surface area contributed by atoms with Crippen molar-refractivity contribution in [3.8, 4) is 5.75 Å². The van der Waals surface area contributed by atoms with Crippen molar-refractivity contribution in [3.63, 3.8) is 0 Å². The lowest BCUT2D eigenvalue weighted by Gasteiger charge is -2.28. The van der Waals surface area contributed by atoms with Crippen molar-refractivity contribution in [2.24, 2.45) is 0 Å². The van der Waals surface area contributed by atoms with Crippen molar-refractivity contribution in [3.05, 3.63) is 169 Å². The molecule has 6 rings (SSSR count). The third kappa shape index (κ3) is 5.83. The van der Waals surface area contributed by atoms with Gasteiger partial charge >= 0.3 is 0 Å². The standard InChI is InChI=1S/C36H30OP.BrH/c1-5-13-29(14-6-1)27-37-33-24-23-31-25-30(21-22-32(31)26-33)28-38(34-15-7-2-8-16-34,35-17-9-3-10-18-35)36-19-11-4-12-20-36;/h1-26H,27-28H2;1H/q+1;/p-1. The van der Waals surface area contributed by atoms with Gasteiger partial charge in [0.25, 0.3) is 0 Å². The fraction of sp³-hybridized carbons (Fsp3) is 0.0556. The minimum absolute atomic E-state index is 0. The van der Waals surface area contributed by atoms with Crippen LogP contribution in [0, 0.1) is 0 Å². The number of halogens is 1. The van der Waals surface area contributed by atoms with Crippen LogP contribution in [0.15, 0.2) is 158 Å². The smallest absolute Gasteiger partial charge is 0.120 e. The van der Waals surface area contributed by atoms with Crippen LogP contribution in [0.5, 0.6) is 5.75 Å². The van der Waals surface area contributed by atoms with Gasteiger partial charge < -0.3 is 21.7 Å². The molecular weight excluding hydrogens is 559 g/mol. The van der Waals surface area contributed by atoms with Gasteiger partial charge in [0.1, 0.15) is 35.5 Å². The lowest BCUT2D eigenvalue weighted by atomic mass is 10.1. The molecule has 1 nitrogen and oxygen atoms in total. The van der Waals surface area contributed by atoms with Gasteiger partial charge in [-0.15, -0.1) is 0 Å². The molecule has 0 heterocycles. The minimum Gasteiger partial charge on any atom is -1.00 e. The molecule has 0 N–H and O–H groups in total. The molecule has 0 aliphatic rings. The zero-order valence-electron chi connectivity index (χ0n) is 21.7. The molecule has 192 valence electrons. The van der Waals surface area contributed by atoms with E-state index in [1.54, 1.807) is 0 Å². The third-order valence-corrected chi connectivity index (χ3v) is 11.5. The largest absolute Gasteiger partial charge is 1.00 e. The first-order valence-corrected chi connectivity index (χ1v) is 15.0. The monoisotopic (exact) mass is 588 g/mol. The van der Waals surface area contributed by atoms with E-state index in [0.29, 0.717) is 6.61 Å². The summed E-state index contributed by atoms with van der Waals surface area (Å²) in [6.07, 6.45) is 0.966. The third-order valence-electron chi connectivity index (χ3n) is 7.14. The molecule has 0 fully saturated rings. The van der Waals surface area contributed by atoms with E-state index in [9.17, 15) is 0 Å². The molecule has 6 aromatic carbocycles. The molecular formula is C36H30BrOP. The molecule has 0 amide bonds. The highest BCUT2D eigenvalue weighted by Gasteiger charge is 2.45. The Morgan fingerprint density at radius 3 is 1.44 bits per heavy atom. The van der Waals surface area contributed by atoms with E-state index in [-0.39, 0.29) is 17.0 Å². The predicted molar refractivity (Wildman–Crippen MR) is 164 cm³/mol. The van der Waals surface area contributed by atoms with E-state index in [4.69, 9.17) is 4.74 Å². The Balaban J connectivity index is 0.00000308. The zero-order valence-corrected chi connectivity index (χ0v) is 24.1. The molecule has 0 spiro atoms. The molecule has 0 unspecified atom stereocenters. The molecule has 3 heteroatoms. The number of fused-ring (bicyclic) bond motifs is 1. The topological polar surface area (TPSA) is 9.23 Å². The summed E-state index contributed by atoms with van der Waals surface area (Å²) in [6, 6.07) is 56.9. The SMILES string of the molecule is [Br-].c1ccc(COc2ccc3cc(C[P+](c4ccccc4)(c4ccccc4)c4ccccc4)ccc3c2)cc1. The molecule has 39 heavy (non-hydrogen) atoms. The number of ether oxygens (including phenoxy) is 1. The summed E-state index contributed by atoms with van der Waals surface area (Å²) >= 11 is 0. The summed E-state index contributed by atoms with van der Waals surface area (Å²) in [4.78, 5) is 0. The molecule has 0 aliphatic carbocycles. The Kier molecular flexibility index (Phi) is 8.57. The Labute approximate surface area is 242 Å². The summed E-state index contributed by atoms with van der Waals surface area (Å²) in [7, 11) is -1.93. The molecule has 0 saturated carbocycles. The van der Waals surface area contributed by atoms with E-state index in [1.807, 2.05) is 18.2 Å². The first kappa shape index (κ1) is 26.9. The normalized spacial score (nSPS) is 11.1. The first-order chi connectivity index (χ1) is 18.8. The van der Waals surface area contributed by atoms with Gasteiger partial charge in [-0.1, -0.05) is 103 Å². The van der Waals surface area contributed by atoms with Gasteiger partial charge in [-0.3, -0.25) is 0 Å². The first-order valence-electron chi connectivity index (χ1n) is 13.1. The van der Waals surface area contributed by atoms with Crippen LogP contribution in [0.4, 0.5) is 0 Å². The van der Waals surface area contributed by atoms with Crippen molar-refractivity contribution in [2.75, 3.05) is 0 Å². The van der Waals surface area contributed by atoms with Gasteiger partial charge in [0.05, 0.1) is 6.16 Å². The van der Waals surface area contributed by atoms with Crippen LogP contribution in [-0.4, -0.2) is 0 Å². The van der Waals surface area contributed by atoms with Crippen LogP contribution in [-0.2, 0) is 12.8 Å². The molecule has 0 atom stereocenters. The maximum atomic E-state index is 6.09. The van der Waals surface area contributed by atoms with Crippen LogP contribution in [0.2, 0.25) is 0 Å². The lowest BCUT2D eigenvalue weighted by molar-refractivity contribution is -0.00000768. The molecule has 0 saturated heterocycles. The summed E-state index contributed by atoms with van der Waals surface area (Å²) in [5.41, 5.74) is 2.52. The van der Waals surface area contributed by atoms with Crippen LogP contribution in [0.3, 0.4) is 0 Å². The van der Waals surface area contributed by atoms with E-state index >= 15 is 0 Å². The van der Waals surface area contributed by atoms with Gasteiger partial charge in [-0.05, 0) is 76.5 Å². The van der Waals surface area contributed by atoms with Gasteiger partial charge in [0.15, 0.2) is 0 Å². The molecule has 0 aromatic heterocycles. The lowest BCUT2D eigenvalue weighted by Crippen LogP contribution is -3.00. The van der Waals surface area contributed by atoms with Gasteiger partial charge in [-0.25, -0.2) is 0 Å². The average Bonchev–Trinajstić information content (AvgIpc) is 3.00. The summed E-state index contributed by atoms with van der Waals surface area (Å²) < 4.78 is 6.09. The highest BCUT2D eigenvalue weighted by atomic mass is 79.9. The second-order valence-electron chi connectivity index (χ2n) is 9.59. The van der Waals surface area contributed by atoms with E-state index in [0.717, 1.165) is 11.9 Å². The highest BCUT2D eigenvalue weighted by molar-refractivity contribution is 7.95. The summed E-state index contributed by atoms with van der Waals surface area (Å²) in [5.74, 6) is 0.897. The Hall–Kier alpha value is -3.71. The number of hydrogen-bond acceptors (Lipinski definition) is 1. The Bertz CT molecular complexity index is 1520. The van der Waals surface area contributed by atoms with Crippen molar-refractivity contribution in [2.45, 2.75) is 12.8 Å². The summed E-state index contributed by atoms with van der Waals surface area (Å²) in [6.45, 7) is 0.572. The Morgan fingerprint density at radius 1 is 0.436 bits per heavy atom. The highest BCUT2D eigenvalue weighted by Crippen LogP contribution is 2.58. The fourth-order valence-corrected chi connectivity index (χ4v) is 9.47. The van der Waals surface area contributed by atoms with Gasteiger partial charge in [0, 0.05) is 0 Å². The second kappa shape index (κ2) is 12.4. The number of benzene rings is 6. The zero-order chi connectivity index (χ0) is 25.6. The van der Waals surface area contributed by atoms with E-state index in [2.05, 4.69) is 140 Å². The van der Waals surface area contributed by atoms with Crippen molar-refractivity contribution in [1.29, 1.82) is 0 Å². The maximum absolute atomic E-state index is 6.09. The van der Waals surface area contributed by atoms with E-state index < -0.39 is 7.26 Å². The average molecular weight is 590 g/mol. The maximum Gasteiger partial charge on any atom is 0.120 e. The molecule has 0 bridgehead atoms. The number of hydrogen-bond donors (Lipinski definition) is 0. The van der Waals surface area contributed by atoms with Crippen LogP contribution in [0.25, 0.3) is 10.8 Å². The predicted octanol–water partition coefficient (Wildman–Crippen LogP) is 4.92. The van der Waals surface area contributed by atoms with Crippen LogP contribution < -0.4 is 37.6 Å². The minimum atomic E-state index is -1.93. The van der Waals surface area contributed by atoms with Gasteiger partial charge in [-0.2, -0.15) is 0 Å².